The lowest BCUT2D eigenvalue weighted by molar-refractivity contribution is -0.132. The number of amides is 3. The molecule has 0 saturated carbocycles. The molecule has 0 unspecified atom stereocenters. The second-order valence-electron chi connectivity index (χ2n) is 9.77. The molecule has 3 rings (SSSR count). The largest absolute Gasteiger partial charge is 0.446 e. The number of ether oxygens (including phenoxy) is 4. The standard InChI is InChI=1S/C33H39N3O8/c37-27-41-26-36(33(40)44-25-30-17-8-3-9-18-30)21-11-10-20-35(32(39)43-24-29-15-6-2-7-16-29)22-12-19-34-31(38)42-23-28-13-4-1-5-14-28/h1-9,13-18,27H,10-12,19-26H2,(H,34,38). The summed E-state index contributed by atoms with van der Waals surface area (Å²) in [6.07, 6.45) is -0.106. The second-order valence-corrected chi connectivity index (χ2v) is 9.77. The molecule has 0 saturated heterocycles. The van der Waals surface area contributed by atoms with Crippen LogP contribution in [0.15, 0.2) is 91.0 Å². The average Bonchev–Trinajstić information content (AvgIpc) is 3.07. The van der Waals surface area contributed by atoms with Gasteiger partial charge in [-0.1, -0.05) is 91.0 Å². The Morgan fingerprint density at radius 2 is 1.02 bits per heavy atom. The van der Waals surface area contributed by atoms with E-state index in [0.29, 0.717) is 38.9 Å². The molecule has 3 aromatic rings. The SMILES string of the molecule is O=COCN(CCCCN(CCCNC(=O)OCc1ccccc1)C(=O)OCc1ccccc1)C(=O)OCc1ccccc1. The van der Waals surface area contributed by atoms with Crippen LogP contribution in [-0.2, 0) is 43.6 Å². The number of rotatable bonds is 18. The van der Waals surface area contributed by atoms with Gasteiger partial charge in [0.2, 0.25) is 0 Å². The van der Waals surface area contributed by atoms with Crippen LogP contribution in [0.25, 0.3) is 0 Å². The normalized spacial score (nSPS) is 10.3. The lowest BCUT2D eigenvalue weighted by atomic mass is 10.2. The van der Waals surface area contributed by atoms with Crippen molar-refractivity contribution < 1.29 is 38.1 Å². The summed E-state index contributed by atoms with van der Waals surface area (Å²) in [7, 11) is 0. The minimum atomic E-state index is -0.611. The molecule has 1 N–H and O–H groups in total. The number of nitrogens with zero attached hydrogens (tertiary/aromatic N) is 2. The quantitative estimate of drug-likeness (QED) is 0.0874. The Kier molecular flexibility index (Phi) is 15.2. The number of unbranched alkanes of at least 4 members (excludes halogenated alkanes) is 1. The van der Waals surface area contributed by atoms with E-state index in [2.05, 4.69) is 5.32 Å². The van der Waals surface area contributed by atoms with Gasteiger partial charge in [-0.3, -0.25) is 9.69 Å². The number of hydrogen-bond acceptors (Lipinski definition) is 8. The van der Waals surface area contributed by atoms with Gasteiger partial charge in [0, 0.05) is 26.2 Å². The molecule has 0 fully saturated rings. The molecule has 11 nitrogen and oxygen atoms in total. The fourth-order valence-electron chi connectivity index (χ4n) is 4.08. The molecule has 0 aliphatic heterocycles. The predicted octanol–water partition coefficient (Wildman–Crippen LogP) is 5.49. The summed E-state index contributed by atoms with van der Waals surface area (Å²) in [5.41, 5.74) is 2.58. The molecule has 0 spiro atoms. The van der Waals surface area contributed by atoms with E-state index in [1.807, 2.05) is 91.0 Å². The molecule has 0 aromatic heterocycles. The lowest BCUT2D eigenvalue weighted by Crippen LogP contribution is -2.37. The van der Waals surface area contributed by atoms with Gasteiger partial charge < -0.3 is 29.2 Å². The van der Waals surface area contributed by atoms with Crippen molar-refractivity contribution in [2.75, 3.05) is 32.9 Å². The fraction of sp³-hybridized carbons (Fsp3) is 0.333. The molecule has 11 heteroatoms. The van der Waals surface area contributed by atoms with Gasteiger partial charge in [0.1, 0.15) is 19.8 Å². The van der Waals surface area contributed by atoms with Crippen molar-refractivity contribution in [1.29, 1.82) is 0 Å². The molecule has 0 heterocycles. The molecule has 0 aliphatic carbocycles. The molecule has 44 heavy (non-hydrogen) atoms. The highest BCUT2D eigenvalue weighted by Gasteiger charge is 2.18. The van der Waals surface area contributed by atoms with Crippen molar-refractivity contribution in [1.82, 2.24) is 15.1 Å². The Bertz CT molecular complexity index is 1260. The van der Waals surface area contributed by atoms with Crippen LogP contribution in [0.1, 0.15) is 36.0 Å². The van der Waals surface area contributed by atoms with E-state index in [0.717, 1.165) is 16.7 Å². The third-order valence-corrected chi connectivity index (χ3v) is 6.42. The van der Waals surface area contributed by atoms with Crippen LogP contribution in [0, 0.1) is 0 Å². The Labute approximate surface area is 257 Å². The van der Waals surface area contributed by atoms with E-state index < -0.39 is 18.3 Å². The summed E-state index contributed by atoms with van der Waals surface area (Å²) >= 11 is 0. The van der Waals surface area contributed by atoms with Gasteiger partial charge in [-0.05, 0) is 36.0 Å². The summed E-state index contributed by atoms with van der Waals surface area (Å²) in [6.45, 7) is 1.66. The maximum absolute atomic E-state index is 12.9. The van der Waals surface area contributed by atoms with Gasteiger partial charge >= 0.3 is 18.3 Å². The van der Waals surface area contributed by atoms with Crippen LogP contribution in [0.3, 0.4) is 0 Å². The van der Waals surface area contributed by atoms with Crippen molar-refractivity contribution in [2.45, 2.75) is 39.1 Å². The molecule has 234 valence electrons. The maximum atomic E-state index is 12.9. The molecule has 3 aromatic carbocycles. The third kappa shape index (κ3) is 13.3. The van der Waals surface area contributed by atoms with Crippen LogP contribution in [0.4, 0.5) is 14.4 Å². The third-order valence-electron chi connectivity index (χ3n) is 6.42. The highest BCUT2D eigenvalue weighted by Crippen LogP contribution is 2.08. The number of carbonyl (C=O) groups is 4. The Balaban J connectivity index is 1.45. The first-order valence-electron chi connectivity index (χ1n) is 14.5. The van der Waals surface area contributed by atoms with Gasteiger partial charge in [0.05, 0.1) is 0 Å². The van der Waals surface area contributed by atoms with E-state index in [1.54, 1.807) is 4.90 Å². The fourth-order valence-corrected chi connectivity index (χ4v) is 4.08. The summed E-state index contributed by atoms with van der Waals surface area (Å²) in [6, 6.07) is 28.0. The zero-order chi connectivity index (χ0) is 31.2. The number of hydrogen-bond donors (Lipinski definition) is 1. The monoisotopic (exact) mass is 605 g/mol. The van der Waals surface area contributed by atoms with Crippen molar-refractivity contribution in [2.24, 2.45) is 0 Å². The van der Waals surface area contributed by atoms with Gasteiger partial charge in [-0.25, -0.2) is 14.4 Å². The molecular formula is C33H39N3O8. The minimum Gasteiger partial charge on any atom is -0.446 e. The van der Waals surface area contributed by atoms with E-state index in [4.69, 9.17) is 18.9 Å². The molecule has 0 aliphatic rings. The topological polar surface area (TPSA) is 124 Å². The number of nitrogens with one attached hydrogen (secondary N) is 1. The summed E-state index contributed by atoms with van der Waals surface area (Å²) in [4.78, 5) is 51.2. The Morgan fingerprint density at radius 3 is 1.52 bits per heavy atom. The number of alkyl carbamates (subject to hydrolysis) is 1. The molecule has 3 amide bonds. The van der Waals surface area contributed by atoms with Crippen LogP contribution < -0.4 is 5.32 Å². The van der Waals surface area contributed by atoms with Crippen LogP contribution >= 0.6 is 0 Å². The van der Waals surface area contributed by atoms with Crippen LogP contribution in [-0.4, -0.2) is 67.5 Å². The predicted molar refractivity (Wildman–Crippen MR) is 162 cm³/mol. The van der Waals surface area contributed by atoms with Crippen molar-refractivity contribution in [3.63, 3.8) is 0 Å². The van der Waals surface area contributed by atoms with Crippen molar-refractivity contribution in [3.05, 3.63) is 108 Å². The number of benzene rings is 3. The first-order valence-corrected chi connectivity index (χ1v) is 14.5. The Morgan fingerprint density at radius 1 is 0.591 bits per heavy atom. The second kappa shape index (κ2) is 20.0. The molecule has 0 bridgehead atoms. The minimum absolute atomic E-state index is 0.0894. The van der Waals surface area contributed by atoms with Crippen LogP contribution in [0.5, 0.6) is 0 Å². The highest BCUT2D eigenvalue weighted by molar-refractivity contribution is 5.68. The highest BCUT2D eigenvalue weighted by atomic mass is 16.6. The molecular weight excluding hydrogens is 566 g/mol. The van der Waals surface area contributed by atoms with Gasteiger partial charge in [0.15, 0.2) is 6.73 Å². The number of carbonyl (C=O) groups excluding carboxylic acids is 4. The van der Waals surface area contributed by atoms with Gasteiger partial charge in [-0.2, -0.15) is 0 Å². The van der Waals surface area contributed by atoms with Gasteiger partial charge in [0.25, 0.3) is 6.47 Å². The summed E-state index contributed by atoms with van der Waals surface area (Å²) < 4.78 is 20.9. The summed E-state index contributed by atoms with van der Waals surface area (Å²) in [5.74, 6) is 0. The average molecular weight is 606 g/mol. The van der Waals surface area contributed by atoms with Gasteiger partial charge in [-0.15, -0.1) is 0 Å². The zero-order valence-electron chi connectivity index (χ0n) is 24.7. The van der Waals surface area contributed by atoms with E-state index >= 15 is 0 Å². The van der Waals surface area contributed by atoms with Crippen LogP contribution in [0.2, 0.25) is 0 Å². The first kappa shape index (κ1) is 33.4. The van der Waals surface area contributed by atoms with Crippen molar-refractivity contribution >= 4 is 24.8 Å². The Hall–Kier alpha value is -5.06. The van der Waals surface area contributed by atoms with E-state index in [1.165, 1.54) is 4.90 Å². The zero-order valence-corrected chi connectivity index (χ0v) is 24.7. The molecule has 0 radical (unpaired) electrons. The van der Waals surface area contributed by atoms with Crippen molar-refractivity contribution in [3.8, 4) is 0 Å². The molecule has 0 atom stereocenters. The smallest absolute Gasteiger partial charge is 0.412 e. The summed E-state index contributed by atoms with van der Waals surface area (Å²) in [5, 5.41) is 2.70. The van der Waals surface area contributed by atoms with E-state index in [-0.39, 0.29) is 39.6 Å². The lowest BCUT2D eigenvalue weighted by Gasteiger charge is -2.24. The first-order chi connectivity index (χ1) is 21.5. The maximum Gasteiger partial charge on any atom is 0.412 e. The van der Waals surface area contributed by atoms with E-state index in [9.17, 15) is 19.2 Å².